The fraction of sp³-hybridized carbons (Fsp3) is 0.714. The molecule has 0 radical (unpaired) electrons. The topological polar surface area (TPSA) is 186 Å². The third-order valence-electron chi connectivity index (χ3n) is 15.3. The standard InChI is InChI=1S/C56H86N4O12/c1-21-41(61)57-49(5,6)27-35(28-50(57,7)8)69-45(65)25-39(47(67)71-37-31-53(13,14)59(43(63)23-3)54(15,16)32-37)40(48(68)72-38-33-55(17,18)60(44(64)24-4)56(19,20)34-38)26-46(66)70-36-29-51(9,10)58(42(62)22-2)52(11,12)30-36/h21-24,35-40H,1-4,25-34H2,5-20H3. The molecule has 4 fully saturated rings. The van der Waals surface area contributed by atoms with E-state index in [-0.39, 0.29) is 75.0 Å². The van der Waals surface area contributed by atoms with E-state index in [0.29, 0.717) is 0 Å². The molecule has 4 aliphatic rings. The van der Waals surface area contributed by atoms with Crippen molar-refractivity contribution in [3.8, 4) is 0 Å². The Kier molecular flexibility index (Phi) is 17.2. The Bertz CT molecular complexity index is 1980. The zero-order valence-corrected chi connectivity index (χ0v) is 46.4. The van der Waals surface area contributed by atoms with Crippen molar-refractivity contribution in [1.29, 1.82) is 0 Å². The highest BCUT2D eigenvalue weighted by atomic mass is 16.6. The lowest BCUT2D eigenvalue weighted by Crippen LogP contribution is -2.64. The smallest absolute Gasteiger partial charge is 0.310 e. The molecular weight excluding hydrogens is 921 g/mol. The molecule has 2 atom stereocenters. The molecule has 72 heavy (non-hydrogen) atoms. The Morgan fingerprint density at radius 1 is 0.361 bits per heavy atom. The van der Waals surface area contributed by atoms with Crippen molar-refractivity contribution < 1.29 is 57.3 Å². The number of piperidine rings is 4. The highest BCUT2D eigenvalue weighted by molar-refractivity contribution is 5.91. The van der Waals surface area contributed by atoms with E-state index in [9.17, 15) is 28.8 Å². The van der Waals surface area contributed by atoms with Crippen LogP contribution in [0.3, 0.4) is 0 Å². The van der Waals surface area contributed by atoms with Crippen LogP contribution in [0, 0.1) is 11.8 Å². The first-order valence-corrected chi connectivity index (χ1v) is 25.4. The fourth-order valence-electron chi connectivity index (χ4n) is 13.9. The fourth-order valence-corrected chi connectivity index (χ4v) is 13.9. The minimum atomic E-state index is -1.64. The number of hydrogen-bond acceptors (Lipinski definition) is 12. The Balaban J connectivity index is 1.80. The highest BCUT2D eigenvalue weighted by Crippen LogP contribution is 2.45. The molecule has 4 rings (SSSR count). The molecule has 4 heterocycles. The molecule has 402 valence electrons. The highest BCUT2D eigenvalue weighted by Gasteiger charge is 2.54. The zero-order chi connectivity index (χ0) is 55.1. The van der Waals surface area contributed by atoms with Gasteiger partial charge in [-0.25, -0.2) is 0 Å². The normalized spacial score (nSPS) is 24.1. The number of rotatable bonds is 15. The van der Waals surface area contributed by atoms with Crippen LogP contribution in [0.15, 0.2) is 50.6 Å². The number of amides is 4. The second-order valence-corrected chi connectivity index (χ2v) is 25.6. The predicted octanol–water partition coefficient (Wildman–Crippen LogP) is 8.11. The van der Waals surface area contributed by atoms with E-state index in [2.05, 4.69) is 26.3 Å². The molecule has 0 bridgehead atoms. The number of nitrogens with zero attached hydrogens (tertiary/aromatic N) is 4. The van der Waals surface area contributed by atoms with Crippen LogP contribution < -0.4 is 0 Å². The summed E-state index contributed by atoms with van der Waals surface area (Å²) in [6, 6.07) is 0. The average Bonchev–Trinajstić information content (AvgIpc) is 3.17. The van der Waals surface area contributed by atoms with Crippen LogP contribution in [-0.2, 0) is 57.3 Å². The number of carbonyl (C=O) groups excluding carboxylic acids is 8. The number of likely N-dealkylation sites (tertiary alicyclic amines) is 4. The molecule has 16 heteroatoms. The van der Waals surface area contributed by atoms with Crippen molar-refractivity contribution in [2.75, 3.05) is 0 Å². The van der Waals surface area contributed by atoms with Crippen LogP contribution in [-0.4, -0.2) is 136 Å². The van der Waals surface area contributed by atoms with Gasteiger partial charge in [0.05, 0.1) is 24.7 Å². The van der Waals surface area contributed by atoms with E-state index in [1.807, 2.05) is 111 Å². The van der Waals surface area contributed by atoms with Gasteiger partial charge in [0.25, 0.3) is 0 Å². The maximum Gasteiger partial charge on any atom is 0.310 e. The van der Waals surface area contributed by atoms with Crippen LogP contribution in [0.25, 0.3) is 0 Å². The number of ether oxygens (including phenoxy) is 4. The molecule has 16 nitrogen and oxygen atoms in total. The molecule has 0 aromatic rings. The average molecular weight is 1010 g/mol. The van der Waals surface area contributed by atoms with Gasteiger partial charge >= 0.3 is 23.9 Å². The number of carbonyl (C=O) groups is 8. The number of hydrogen-bond donors (Lipinski definition) is 0. The molecule has 0 aromatic heterocycles. The van der Waals surface area contributed by atoms with Crippen LogP contribution in [0.2, 0.25) is 0 Å². The van der Waals surface area contributed by atoms with Crippen molar-refractivity contribution in [3.05, 3.63) is 50.6 Å². The number of esters is 4. The van der Waals surface area contributed by atoms with Gasteiger partial charge in [-0.15, -0.1) is 0 Å². The summed E-state index contributed by atoms with van der Waals surface area (Å²) in [5.41, 5.74) is -6.43. The SMILES string of the molecule is C=CC(=O)N1C(C)(C)CC(OC(=O)CC(C(=O)OC2CC(C)(C)N(C(=O)C=C)C(C)(C)C2)C(CC(=O)OC2CC(C)(C)N(C(=O)C=C)C(C)(C)C2)C(=O)OC2CC(C)(C)N(C(=O)C=C)C(C)(C)C2)CC1(C)C. The summed E-state index contributed by atoms with van der Waals surface area (Å²) in [4.78, 5) is 119. The third-order valence-corrected chi connectivity index (χ3v) is 15.3. The van der Waals surface area contributed by atoms with Crippen LogP contribution in [0.4, 0.5) is 0 Å². The molecule has 0 aliphatic carbocycles. The van der Waals surface area contributed by atoms with E-state index in [0.717, 1.165) is 0 Å². The minimum absolute atomic E-state index is 0.201. The Labute approximate surface area is 429 Å². The van der Waals surface area contributed by atoms with Crippen molar-refractivity contribution in [3.63, 3.8) is 0 Å². The summed E-state index contributed by atoms with van der Waals surface area (Å²) >= 11 is 0. The lowest BCUT2D eigenvalue weighted by atomic mass is 9.77. The van der Waals surface area contributed by atoms with Crippen molar-refractivity contribution in [2.24, 2.45) is 11.8 Å². The molecule has 0 N–H and O–H groups in total. The van der Waals surface area contributed by atoms with Crippen LogP contribution in [0.5, 0.6) is 0 Å². The van der Waals surface area contributed by atoms with E-state index in [4.69, 9.17) is 18.9 Å². The summed E-state index contributed by atoms with van der Waals surface area (Å²) in [6.07, 6.45) is 2.40. The van der Waals surface area contributed by atoms with E-state index >= 15 is 9.59 Å². The maximum atomic E-state index is 15.1. The Morgan fingerprint density at radius 3 is 0.694 bits per heavy atom. The maximum absolute atomic E-state index is 15.1. The molecule has 4 amide bonds. The van der Waals surface area contributed by atoms with Crippen LogP contribution in [0.1, 0.15) is 175 Å². The molecule has 2 unspecified atom stereocenters. The summed E-state index contributed by atoms with van der Waals surface area (Å²) in [6.45, 7) is 44.6. The first-order valence-electron chi connectivity index (χ1n) is 25.4. The lowest BCUT2D eigenvalue weighted by molar-refractivity contribution is -0.185. The van der Waals surface area contributed by atoms with Gasteiger partial charge in [0.15, 0.2) is 0 Å². The first-order chi connectivity index (χ1) is 32.7. The summed E-state index contributed by atoms with van der Waals surface area (Å²) in [7, 11) is 0. The first kappa shape index (κ1) is 59.3. The largest absolute Gasteiger partial charge is 0.462 e. The van der Waals surface area contributed by atoms with Gasteiger partial charge in [0.2, 0.25) is 23.6 Å². The van der Waals surface area contributed by atoms with Gasteiger partial charge in [-0.1, -0.05) is 26.3 Å². The van der Waals surface area contributed by atoms with Crippen LogP contribution >= 0.6 is 0 Å². The quantitative estimate of drug-likeness (QED) is 0.0873. The molecule has 4 saturated heterocycles. The van der Waals surface area contributed by atoms with Crippen molar-refractivity contribution in [2.45, 2.75) is 244 Å². The summed E-state index contributed by atoms with van der Waals surface area (Å²) in [5.74, 6) is -7.97. The molecule has 0 saturated carbocycles. The van der Waals surface area contributed by atoms with Crippen molar-refractivity contribution >= 4 is 47.5 Å². The van der Waals surface area contributed by atoms with E-state index in [1.54, 1.807) is 19.6 Å². The Morgan fingerprint density at radius 2 is 0.528 bits per heavy atom. The van der Waals surface area contributed by atoms with Gasteiger partial charge < -0.3 is 38.5 Å². The second-order valence-electron chi connectivity index (χ2n) is 25.6. The van der Waals surface area contributed by atoms with E-state index in [1.165, 1.54) is 24.3 Å². The summed E-state index contributed by atoms with van der Waals surface area (Å²) in [5, 5.41) is 0. The zero-order valence-electron chi connectivity index (χ0n) is 46.4. The van der Waals surface area contributed by atoms with Gasteiger partial charge in [-0.05, 0) is 135 Å². The van der Waals surface area contributed by atoms with E-state index < -0.39 is 117 Å². The molecule has 0 spiro atoms. The minimum Gasteiger partial charge on any atom is -0.462 e. The van der Waals surface area contributed by atoms with Crippen molar-refractivity contribution in [1.82, 2.24) is 19.6 Å². The predicted molar refractivity (Wildman–Crippen MR) is 273 cm³/mol. The summed E-state index contributed by atoms with van der Waals surface area (Å²) < 4.78 is 25.1. The third kappa shape index (κ3) is 12.9. The molecular formula is C56H86N4O12. The molecule has 0 aromatic carbocycles. The van der Waals surface area contributed by atoms with Gasteiger partial charge in [-0.3, -0.25) is 38.4 Å². The molecule has 4 aliphatic heterocycles. The van der Waals surface area contributed by atoms with Gasteiger partial charge in [0.1, 0.15) is 24.4 Å². The van der Waals surface area contributed by atoms with Gasteiger partial charge in [-0.2, -0.15) is 0 Å². The monoisotopic (exact) mass is 1010 g/mol. The van der Waals surface area contributed by atoms with Gasteiger partial charge in [0, 0.05) is 95.7 Å². The Hall–Kier alpha value is -5.28. The second kappa shape index (κ2) is 20.9. The lowest BCUT2D eigenvalue weighted by Gasteiger charge is -2.55.